The SMILES string of the molecule is C=CCNC(=S)N/N=C(\C)c1ccc(-n2cncn2)cc1. The first-order valence-corrected chi connectivity index (χ1v) is 6.76. The third-order valence-corrected chi connectivity index (χ3v) is 2.94. The third kappa shape index (κ3) is 4.22. The highest BCUT2D eigenvalue weighted by Crippen LogP contribution is 2.08. The van der Waals surface area contributed by atoms with Gasteiger partial charge in [-0.25, -0.2) is 9.67 Å². The van der Waals surface area contributed by atoms with E-state index in [0.717, 1.165) is 17.0 Å². The Balaban J connectivity index is 2.01. The molecule has 0 spiro atoms. The Labute approximate surface area is 128 Å². The summed E-state index contributed by atoms with van der Waals surface area (Å²) in [7, 11) is 0. The second-order valence-corrected chi connectivity index (χ2v) is 4.60. The predicted octanol–water partition coefficient (Wildman–Crippen LogP) is 1.64. The van der Waals surface area contributed by atoms with Gasteiger partial charge in [-0.15, -0.1) is 6.58 Å². The number of hydrogen-bond donors (Lipinski definition) is 2. The molecule has 0 saturated carbocycles. The number of hydrogen-bond acceptors (Lipinski definition) is 4. The molecule has 0 radical (unpaired) electrons. The Hall–Kier alpha value is -2.54. The van der Waals surface area contributed by atoms with Gasteiger partial charge in [-0.2, -0.15) is 10.2 Å². The van der Waals surface area contributed by atoms with E-state index in [1.54, 1.807) is 17.1 Å². The average molecular weight is 300 g/mol. The molecule has 0 saturated heterocycles. The molecule has 2 aromatic rings. The van der Waals surface area contributed by atoms with Crippen LogP contribution in [-0.4, -0.2) is 32.1 Å². The van der Waals surface area contributed by atoms with Crippen LogP contribution >= 0.6 is 12.2 Å². The van der Waals surface area contributed by atoms with Crippen molar-refractivity contribution in [3.63, 3.8) is 0 Å². The minimum atomic E-state index is 0.466. The van der Waals surface area contributed by atoms with Crippen LogP contribution in [0, 0.1) is 0 Å². The first kappa shape index (κ1) is 14.9. The molecular weight excluding hydrogens is 284 g/mol. The van der Waals surface area contributed by atoms with Crippen LogP contribution in [0.15, 0.2) is 54.7 Å². The maximum atomic E-state index is 5.07. The van der Waals surface area contributed by atoms with Crippen molar-refractivity contribution in [1.82, 2.24) is 25.5 Å². The van der Waals surface area contributed by atoms with E-state index in [2.05, 4.69) is 32.5 Å². The Morgan fingerprint density at radius 3 is 2.81 bits per heavy atom. The van der Waals surface area contributed by atoms with Crippen molar-refractivity contribution in [2.45, 2.75) is 6.92 Å². The largest absolute Gasteiger partial charge is 0.358 e. The van der Waals surface area contributed by atoms with Gasteiger partial charge in [0.1, 0.15) is 12.7 Å². The first-order valence-electron chi connectivity index (χ1n) is 6.35. The topological polar surface area (TPSA) is 67.1 Å². The molecule has 0 aliphatic rings. The molecule has 0 amide bonds. The van der Waals surface area contributed by atoms with Crippen molar-refractivity contribution in [2.24, 2.45) is 5.10 Å². The number of rotatable bonds is 5. The van der Waals surface area contributed by atoms with E-state index in [1.807, 2.05) is 31.2 Å². The van der Waals surface area contributed by atoms with E-state index in [1.165, 1.54) is 6.33 Å². The zero-order valence-electron chi connectivity index (χ0n) is 11.7. The van der Waals surface area contributed by atoms with Crippen LogP contribution < -0.4 is 10.7 Å². The molecule has 1 heterocycles. The van der Waals surface area contributed by atoms with E-state index in [4.69, 9.17) is 12.2 Å². The highest BCUT2D eigenvalue weighted by molar-refractivity contribution is 7.80. The summed E-state index contributed by atoms with van der Waals surface area (Å²) in [6.45, 7) is 6.12. The van der Waals surface area contributed by atoms with Gasteiger partial charge in [0.15, 0.2) is 5.11 Å². The predicted molar refractivity (Wildman–Crippen MR) is 87.5 cm³/mol. The molecule has 2 N–H and O–H groups in total. The molecule has 0 fully saturated rings. The lowest BCUT2D eigenvalue weighted by Gasteiger charge is -2.06. The van der Waals surface area contributed by atoms with Gasteiger partial charge < -0.3 is 5.32 Å². The molecule has 0 unspecified atom stereocenters. The fourth-order valence-electron chi connectivity index (χ4n) is 1.60. The summed E-state index contributed by atoms with van der Waals surface area (Å²) in [6.07, 6.45) is 4.89. The maximum Gasteiger partial charge on any atom is 0.187 e. The third-order valence-electron chi connectivity index (χ3n) is 2.70. The van der Waals surface area contributed by atoms with Gasteiger partial charge >= 0.3 is 0 Å². The van der Waals surface area contributed by atoms with Crippen molar-refractivity contribution in [2.75, 3.05) is 6.54 Å². The molecule has 108 valence electrons. The van der Waals surface area contributed by atoms with E-state index in [-0.39, 0.29) is 0 Å². The lowest BCUT2D eigenvalue weighted by molar-refractivity contribution is 0.879. The minimum absolute atomic E-state index is 0.466. The number of nitrogens with one attached hydrogen (secondary N) is 2. The normalized spacial score (nSPS) is 11.0. The van der Waals surface area contributed by atoms with Gasteiger partial charge in [0.25, 0.3) is 0 Å². The van der Waals surface area contributed by atoms with Gasteiger partial charge in [0, 0.05) is 6.54 Å². The van der Waals surface area contributed by atoms with Crippen LogP contribution in [-0.2, 0) is 0 Å². The van der Waals surface area contributed by atoms with Gasteiger partial charge in [-0.1, -0.05) is 18.2 Å². The molecule has 21 heavy (non-hydrogen) atoms. The van der Waals surface area contributed by atoms with Crippen LogP contribution in [0.2, 0.25) is 0 Å². The van der Waals surface area contributed by atoms with Gasteiger partial charge in [0.2, 0.25) is 0 Å². The fourth-order valence-corrected chi connectivity index (χ4v) is 1.73. The van der Waals surface area contributed by atoms with Crippen molar-refractivity contribution >= 4 is 23.0 Å². The monoisotopic (exact) mass is 300 g/mol. The summed E-state index contributed by atoms with van der Waals surface area (Å²) >= 11 is 5.07. The molecule has 0 bridgehead atoms. The van der Waals surface area contributed by atoms with Crippen LogP contribution in [0.25, 0.3) is 5.69 Å². The number of aromatic nitrogens is 3. The minimum Gasteiger partial charge on any atom is -0.358 e. The Bertz CT molecular complexity index is 630. The standard InChI is InChI=1S/C14H16N6S/c1-3-8-16-14(21)19-18-11(2)12-4-6-13(7-5-12)20-10-15-9-17-20/h3-7,9-10H,1,8H2,2H3,(H2,16,19,21)/b18-11+. The number of benzene rings is 1. The van der Waals surface area contributed by atoms with Gasteiger partial charge in [0.05, 0.1) is 11.4 Å². The van der Waals surface area contributed by atoms with Crippen LogP contribution in [0.4, 0.5) is 0 Å². The Kier molecular flexibility index (Phi) is 5.16. The molecule has 0 atom stereocenters. The quantitative estimate of drug-likeness (QED) is 0.380. The lowest BCUT2D eigenvalue weighted by atomic mass is 10.1. The summed E-state index contributed by atoms with van der Waals surface area (Å²) in [5.41, 5.74) is 5.57. The van der Waals surface area contributed by atoms with E-state index >= 15 is 0 Å². The van der Waals surface area contributed by atoms with Crippen LogP contribution in [0.3, 0.4) is 0 Å². The number of nitrogens with zero attached hydrogens (tertiary/aromatic N) is 4. The van der Waals surface area contributed by atoms with Crippen LogP contribution in [0.5, 0.6) is 0 Å². The lowest BCUT2D eigenvalue weighted by Crippen LogP contribution is -2.32. The maximum absolute atomic E-state index is 5.07. The van der Waals surface area contributed by atoms with Crippen LogP contribution in [0.1, 0.15) is 12.5 Å². The van der Waals surface area contributed by atoms with Gasteiger partial charge in [-0.05, 0) is 36.8 Å². The molecular formula is C14H16N6S. The van der Waals surface area contributed by atoms with Crippen molar-refractivity contribution in [3.05, 3.63) is 55.1 Å². The molecule has 0 aliphatic carbocycles. The van der Waals surface area contributed by atoms with E-state index < -0.39 is 0 Å². The van der Waals surface area contributed by atoms with Crippen molar-refractivity contribution in [1.29, 1.82) is 0 Å². The second kappa shape index (κ2) is 7.30. The molecule has 6 nitrogen and oxygen atoms in total. The summed E-state index contributed by atoms with van der Waals surface area (Å²) in [6, 6.07) is 7.85. The van der Waals surface area contributed by atoms with Gasteiger partial charge in [-0.3, -0.25) is 5.43 Å². The molecule has 1 aromatic heterocycles. The summed E-state index contributed by atoms with van der Waals surface area (Å²) < 4.78 is 1.70. The second-order valence-electron chi connectivity index (χ2n) is 4.19. The first-order chi connectivity index (χ1) is 10.2. The zero-order valence-corrected chi connectivity index (χ0v) is 12.5. The number of thiocarbonyl (C=S) groups is 1. The van der Waals surface area contributed by atoms with Crippen molar-refractivity contribution < 1.29 is 0 Å². The highest BCUT2D eigenvalue weighted by Gasteiger charge is 2.00. The fraction of sp³-hybridized carbons (Fsp3) is 0.143. The Morgan fingerprint density at radius 2 is 2.19 bits per heavy atom. The summed E-state index contributed by atoms with van der Waals surface area (Å²) in [4.78, 5) is 3.92. The average Bonchev–Trinajstić information content (AvgIpc) is 3.05. The molecule has 0 aliphatic heterocycles. The highest BCUT2D eigenvalue weighted by atomic mass is 32.1. The molecule has 7 heteroatoms. The van der Waals surface area contributed by atoms with E-state index in [9.17, 15) is 0 Å². The molecule has 1 aromatic carbocycles. The zero-order chi connectivity index (χ0) is 15.1. The summed E-state index contributed by atoms with van der Waals surface area (Å²) in [5, 5.41) is 11.7. The summed E-state index contributed by atoms with van der Waals surface area (Å²) in [5.74, 6) is 0. The van der Waals surface area contributed by atoms with E-state index in [0.29, 0.717) is 11.7 Å². The molecule has 2 rings (SSSR count). The number of hydrazone groups is 1. The smallest absolute Gasteiger partial charge is 0.187 e. The van der Waals surface area contributed by atoms with Crippen molar-refractivity contribution in [3.8, 4) is 5.69 Å². The Morgan fingerprint density at radius 1 is 1.43 bits per heavy atom.